The molecule has 2 saturated heterocycles. The summed E-state index contributed by atoms with van der Waals surface area (Å²) in [5.41, 5.74) is 2.89. The molecule has 4 aromatic heterocycles. The molecule has 6 heterocycles. The lowest BCUT2D eigenvalue weighted by atomic mass is 9.85. The lowest BCUT2D eigenvalue weighted by Gasteiger charge is -2.40. The molecule has 55 heavy (non-hydrogen) atoms. The van der Waals surface area contributed by atoms with Crippen LogP contribution < -0.4 is 21.2 Å². The number of aromatic nitrogens is 6. The number of fused-ring (bicyclic) bond motifs is 2. The van der Waals surface area contributed by atoms with E-state index in [0.29, 0.717) is 34.9 Å². The second-order valence-corrected chi connectivity index (χ2v) is 15.0. The first-order chi connectivity index (χ1) is 26.6. The van der Waals surface area contributed by atoms with Crippen molar-refractivity contribution in [1.29, 1.82) is 0 Å². The SMILES string of the molecule is CN(CC1CCC(n2cc(NC(=O)c3ccnc4cccnc34)c(C(F)F)n2)CC1)C1CCN(c2cccc3c2n(C)c(=O)n3C2CCC(=O)NC2=O)CC1. The molecule has 1 atom stereocenters. The Morgan fingerprint density at radius 3 is 2.51 bits per heavy atom. The van der Waals surface area contributed by atoms with Crippen LogP contribution in [0.4, 0.5) is 20.2 Å². The first kappa shape index (κ1) is 36.5. The van der Waals surface area contributed by atoms with Crippen molar-refractivity contribution in [3.63, 3.8) is 0 Å². The summed E-state index contributed by atoms with van der Waals surface area (Å²) < 4.78 is 33.0. The standard InChI is InChI=1S/C39H44F2N10O4/c1-47(24-15-19-49(20-16-24)29-6-3-7-30-35(29)48(2)39(55)51(30)31-12-13-32(52)45-38(31)54)21-23-8-10-25(11-9-23)50-22-28(34(46-50)36(40)41)44-37(53)26-14-18-42-27-5-4-17-43-33(26)27/h3-7,14,17-18,22-25,31,36H,8-13,15-16,19-21H2,1-2H3,(H,44,53)(H,45,52,54). The van der Waals surface area contributed by atoms with Crippen molar-refractivity contribution in [3.8, 4) is 0 Å². The van der Waals surface area contributed by atoms with E-state index in [1.54, 1.807) is 34.6 Å². The van der Waals surface area contributed by atoms with Gasteiger partial charge in [0.15, 0.2) is 5.69 Å². The average Bonchev–Trinajstić information content (AvgIpc) is 3.73. The number of halogens is 2. The van der Waals surface area contributed by atoms with E-state index in [9.17, 15) is 28.0 Å². The molecule has 1 aromatic carbocycles. The van der Waals surface area contributed by atoms with E-state index < -0.39 is 30.0 Å². The number of carbonyl (C=O) groups is 3. The van der Waals surface area contributed by atoms with Crippen LogP contribution in [0.2, 0.25) is 0 Å². The molecular formula is C39H44F2N10O4. The number of pyridine rings is 2. The van der Waals surface area contributed by atoms with E-state index in [1.165, 1.54) is 23.0 Å². The van der Waals surface area contributed by atoms with Crippen molar-refractivity contribution in [2.45, 2.75) is 75.9 Å². The van der Waals surface area contributed by atoms with Gasteiger partial charge in [0.1, 0.15) is 11.6 Å². The smallest absolute Gasteiger partial charge is 0.329 e. The van der Waals surface area contributed by atoms with Gasteiger partial charge in [-0.3, -0.25) is 43.5 Å². The molecule has 5 aromatic rings. The number of imide groups is 1. The molecule has 2 aliphatic heterocycles. The highest BCUT2D eigenvalue weighted by atomic mass is 19.3. The number of amides is 3. The minimum atomic E-state index is -2.85. The van der Waals surface area contributed by atoms with Crippen molar-refractivity contribution in [3.05, 3.63) is 76.7 Å². The van der Waals surface area contributed by atoms with E-state index in [-0.39, 0.29) is 35.3 Å². The van der Waals surface area contributed by atoms with Crippen molar-refractivity contribution in [2.24, 2.45) is 13.0 Å². The highest BCUT2D eigenvalue weighted by Gasteiger charge is 2.34. The molecule has 3 fully saturated rings. The van der Waals surface area contributed by atoms with Gasteiger partial charge in [-0.15, -0.1) is 0 Å². The fourth-order valence-electron chi connectivity index (χ4n) is 8.80. The van der Waals surface area contributed by atoms with Crippen LogP contribution in [0.25, 0.3) is 22.1 Å². The number of imidazole rings is 1. The van der Waals surface area contributed by atoms with Gasteiger partial charge in [0, 0.05) is 57.7 Å². The summed E-state index contributed by atoms with van der Waals surface area (Å²) in [5.74, 6) is -0.842. The monoisotopic (exact) mass is 754 g/mol. The van der Waals surface area contributed by atoms with Crippen LogP contribution in [-0.2, 0) is 16.6 Å². The molecule has 1 saturated carbocycles. The quantitative estimate of drug-likeness (QED) is 0.199. The van der Waals surface area contributed by atoms with Crippen LogP contribution in [0, 0.1) is 5.92 Å². The fraction of sp³-hybridized carbons (Fsp3) is 0.462. The molecule has 1 unspecified atom stereocenters. The minimum Gasteiger partial charge on any atom is -0.370 e. The zero-order valence-electron chi connectivity index (χ0n) is 30.8. The maximum atomic E-state index is 14.1. The van der Waals surface area contributed by atoms with Crippen molar-refractivity contribution in [1.82, 2.24) is 39.1 Å². The van der Waals surface area contributed by atoms with Crippen LogP contribution in [0.3, 0.4) is 0 Å². The summed E-state index contributed by atoms with van der Waals surface area (Å²) in [7, 11) is 3.91. The van der Waals surface area contributed by atoms with Crippen LogP contribution in [-0.4, -0.2) is 84.2 Å². The number of hydrogen-bond donors (Lipinski definition) is 2. The largest absolute Gasteiger partial charge is 0.370 e. The Kier molecular flexibility index (Phi) is 9.92. The van der Waals surface area contributed by atoms with E-state index in [1.807, 2.05) is 18.2 Å². The predicted octanol–water partition coefficient (Wildman–Crippen LogP) is 4.98. The minimum absolute atomic E-state index is 0.000523. The molecular weight excluding hydrogens is 710 g/mol. The molecule has 2 N–H and O–H groups in total. The first-order valence-corrected chi connectivity index (χ1v) is 18.9. The molecule has 0 radical (unpaired) electrons. The van der Waals surface area contributed by atoms with Crippen LogP contribution in [0.15, 0.2) is 59.8 Å². The highest BCUT2D eigenvalue weighted by molar-refractivity contribution is 6.11. The summed E-state index contributed by atoms with van der Waals surface area (Å²) in [6, 6.07) is 10.4. The Morgan fingerprint density at radius 1 is 0.982 bits per heavy atom. The van der Waals surface area contributed by atoms with Gasteiger partial charge in [-0.05, 0) is 88.2 Å². The average molecular weight is 755 g/mol. The van der Waals surface area contributed by atoms with Gasteiger partial charge in [0.05, 0.1) is 39.5 Å². The number of hydrogen-bond acceptors (Lipinski definition) is 9. The summed E-state index contributed by atoms with van der Waals surface area (Å²) in [6.07, 6.45) is 7.61. The van der Waals surface area contributed by atoms with Gasteiger partial charge < -0.3 is 15.1 Å². The maximum absolute atomic E-state index is 14.1. The second-order valence-electron chi connectivity index (χ2n) is 15.0. The molecule has 3 amide bonds. The zero-order chi connectivity index (χ0) is 38.4. The molecule has 0 bridgehead atoms. The van der Waals surface area contributed by atoms with E-state index in [4.69, 9.17) is 0 Å². The van der Waals surface area contributed by atoms with Gasteiger partial charge in [0.25, 0.3) is 12.3 Å². The number of nitrogens with zero attached hydrogens (tertiary/aromatic N) is 8. The number of carbonyl (C=O) groups excluding carboxylic acids is 3. The van der Waals surface area contributed by atoms with Crippen molar-refractivity contribution >= 4 is 51.2 Å². The van der Waals surface area contributed by atoms with Gasteiger partial charge in [-0.1, -0.05) is 6.07 Å². The molecule has 3 aliphatic rings. The van der Waals surface area contributed by atoms with Crippen molar-refractivity contribution < 1.29 is 23.2 Å². The Bertz CT molecular complexity index is 2310. The zero-order valence-corrected chi connectivity index (χ0v) is 30.8. The van der Waals surface area contributed by atoms with Gasteiger partial charge in [0.2, 0.25) is 11.8 Å². The normalized spacial score (nSPS) is 21.2. The number of nitrogens with one attached hydrogen (secondary N) is 2. The van der Waals surface area contributed by atoms with E-state index >= 15 is 0 Å². The lowest BCUT2D eigenvalue weighted by Crippen LogP contribution is -2.45. The fourth-order valence-corrected chi connectivity index (χ4v) is 8.80. The maximum Gasteiger partial charge on any atom is 0.329 e. The van der Waals surface area contributed by atoms with Gasteiger partial charge >= 0.3 is 5.69 Å². The number of rotatable bonds is 9. The third kappa shape index (κ3) is 6.99. The van der Waals surface area contributed by atoms with Gasteiger partial charge in [-0.25, -0.2) is 13.6 Å². The Hall–Kier alpha value is -5.51. The summed E-state index contributed by atoms with van der Waals surface area (Å²) >= 11 is 0. The summed E-state index contributed by atoms with van der Waals surface area (Å²) in [6.45, 7) is 2.57. The first-order valence-electron chi connectivity index (χ1n) is 18.9. The van der Waals surface area contributed by atoms with Crippen LogP contribution in [0.5, 0.6) is 0 Å². The Labute approximate surface area is 315 Å². The van der Waals surface area contributed by atoms with Crippen LogP contribution in [0.1, 0.15) is 85.9 Å². The Balaban J connectivity index is 0.871. The molecule has 1 aliphatic carbocycles. The second kappa shape index (κ2) is 15.0. The third-order valence-corrected chi connectivity index (χ3v) is 11.7. The number of piperidine rings is 2. The number of benzene rings is 1. The number of aryl methyl sites for hydroxylation is 1. The number of para-hydroxylation sites is 1. The van der Waals surface area contributed by atoms with Gasteiger partial charge in [-0.2, -0.15) is 5.10 Å². The molecule has 16 heteroatoms. The number of alkyl halides is 2. The number of anilines is 2. The predicted molar refractivity (Wildman–Crippen MR) is 202 cm³/mol. The highest BCUT2D eigenvalue weighted by Crippen LogP contribution is 2.37. The summed E-state index contributed by atoms with van der Waals surface area (Å²) in [4.78, 5) is 64.4. The lowest BCUT2D eigenvalue weighted by molar-refractivity contribution is -0.135. The molecule has 288 valence electrons. The topological polar surface area (TPSA) is 152 Å². The molecule has 8 rings (SSSR count). The molecule has 0 spiro atoms. The van der Waals surface area contributed by atoms with E-state index in [2.05, 4.69) is 42.5 Å². The summed E-state index contributed by atoms with van der Waals surface area (Å²) in [5, 5.41) is 9.28. The van der Waals surface area contributed by atoms with Crippen LogP contribution >= 0.6 is 0 Å². The van der Waals surface area contributed by atoms with E-state index in [0.717, 1.165) is 69.4 Å². The van der Waals surface area contributed by atoms with Crippen molar-refractivity contribution in [2.75, 3.05) is 36.9 Å². The third-order valence-electron chi connectivity index (χ3n) is 11.7. The Morgan fingerprint density at radius 2 is 1.76 bits per heavy atom. The molecule has 14 nitrogen and oxygen atoms in total.